The van der Waals surface area contributed by atoms with Gasteiger partial charge in [0.15, 0.2) is 0 Å². The number of carbonyl (C=O) groups excluding carboxylic acids is 5. The summed E-state index contributed by atoms with van der Waals surface area (Å²) < 4.78 is 0. The first-order valence-corrected chi connectivity index (χ1v) is 13.3. The summed E-state index contributed by atoms with van der Waals surface area (Å²) in [7, 11) is 0. The molecular formula is C27H39N7O7. The van der Waals surface area contributed by atoms with Crippen LogP contribution in [0.5, 0.6) is 0 Å². The van der Waals surface area contributed by atoms with Crippen molar-refractivity contribution >= 4 is 46.4 Å². The molecule has 5 atom stereocenters. The number of carbonyl (C=O) groups is 6. The van der Waals surface area contributed by atoms with E-state index in [-0.39, 0.29) is 32.1 Å². The van der Waals surface area contributed by atoms with Gasteiger partial charge in [0, 0.05) is 36.4 Å². The Morgan fingerprint density at radius 1 is 0.878 bits per heavy atom. The van der Waals surface area contributed by atoms with Gasteiger partial charge in [-0.1, -0.05) is 38.5 Å². The number of para-hydroxylation sites is 1. The third-order valence-electron chi connectivity index (χ3n) is 6.86. The lowest BCUT2D eigenvalue weighted by atomic mass is 9.98. The number of benzene rings is 1. The van der Waals surface area contributed by atoms with Crippen LogP contribution < -0.4 is 33.2 Å². The molecule has 0 aliphatic rings. The molecule has 0 fully saturated rings. The summed E-state index contributed by atoms with van der Waals surface area (Å²) in [5.41, 5.74) is 17.8. The number of fused-ring (bicyclic) bond motifs is 1. The summed E-state index contributed by atoms with van der Waals surface area (Å²) in [5, 5.41) is 17.9. The lowest BCUT2D eigenvalue weighted by Gasteiger charge is -2.26. The van der Waals surface area contributed by atoms with E-state index < -0.39 is 65.6 Å². The van der Waals surface area contributed by atoms with Crippen molar-refractivity contribution in [3.05, 3.63) is 36.0 Å². The molecule has 14 heteroatoms. The van der Waals surface area contributed by atoms with Gasteiger partial charge >= 0.3 is 5.97 Å². The first-order valence-electron chi connectivity index (χ1n) is 13.3. The highest BCUT2D eigenvalue weighted by atomic mass is 16.4. The number of aromatic nitrogens is 1. The van der Waals surface area contributed by atoms with E-state index in [1.165, 1.54) is 0 Å². The third kappa shape index (κ3) is 9.90. The Balaban J connectivity index is 2.32. The number of primary amides is 2. The Bertz CT molecular complexity index is 1260. The highest BCUT2D eigenvalue weighted by Crippen LogP contribution is 2.19. The van der Waals surface area contributed by atoms with Crippen LogP contribution in [0.25, 0.3) is 10.9 Å². The molecule has 0 spiro atoms. The fourth-order valence-electron chi connectivity index (χ4n) is 4.20. The van der Waals surface area contributed by atoms with Crippen LogP contribution in [0.15, 0.2) is 30.5 Å². The van der Waals surface area contributed by atoms with Crippen molar-refractivity contribution in [2.24, 2.45) is 23.1 Å². The molecule has 11 N–H and O–H groups in total. The van der Waals surface area contributed by atoms with Crippen molar-refractivity contribution in [2.75, 3.05) is 0 Å². The average Bonchev–Trinajstić information content (AvgIpc) is 3.33. The van der Waals surface area contributed by atoms with Crippen molar-refractivity contribution in [3.63, 3.8) is 0 Å². The molecule has 5 amide bonds. The Kier molecular flexibility index (Phi) is 12.3. The number of aromatic amines is 1. The number of carboxylic acids is 1. The van der Waals surface area contributed by atoms with Crippen molar-refractivity contribution in [1.29, 1.82) is 0 Å². The summed E-state index contributed by atoms with van der Waals surface area (Å²) in [6.45, 7) is 3.43. The van der Waals surface area contributed by atoms with Gasteiger partial charge in [-0.3, -0.25) is 24.0 Å². The molecule has 0 aliphatic heterocycles. The molecule has 224 valence electrons. The Morgan fingerprint density at radius 3 is 2.07 bits per heavy atom. The van der Waals surface area contributed by atoms with Gasteiger partial charge in [0.05, 0.1) is 6.04 Å². The highest BCUT2D eigenvalue weighted by molar-refractivity contribution is 5.95. The van der Waals surface area contributed by atoms with Crippen molar-refractivity contribution < 1.29 is 33.9 Å². The molecule has 1 heterocycles. The fraction of sp³-hybridized carbons (Fsp3) is 0.481. The normalized spacial score (nSPS) is 14.7. The molecule has 0 radical (unpaired) electrons. The SMILES string of the molecule is CCC(C)C(NC(=O)C(CCC(N)=O)NC(=O)C(Cc1c[nH]c2ccccc12)NC(=O)C(N)CCC(N)=O)C(=O)O. The maximum absolute atomic E-state index is 13.5. The van der Waals surface area contributed by atoms with E-state index in [2.05, 4.69) is 20.9 Å². The number of nitrogens with two attached hydrogens (primary N) is 3. The Morgan fingerprint density at radius 2 is 1.46 bits per heavy atom. The lowest BCUT2D eigenvalue weighted by molar-refractivity contribution is -0.144. The first kappa shape index (κ1) is 32.8. The minimum Gasteiger partial charge on any atom is -0.480 e. The van der Waals surface area contributed by atoms with Crippen LogP contribution in [0.3, 0.4) is 0 Å². The van der Waals surface area contributed by atoms with E-state index in [1.807, 2.05) is 24.3 Å². The molecule has 14 nitrogen and oxygen atoms in total. The highest BCUT2D eigenvalue weighted by Gasteiger charge is 2.32. The Labute approximate surface area is 237 Å². The maximum atomic E-state index is 13.5. The predicted molar refractivity (Wildman–Crippen MR) is 150 cm³/mol. The monoisotopic (exact) mass is 573 g/mol. The summed E-state index contributed by atoms with van der Waals surface area (Å²) >= 11 is 0. The molecular weight excluding hydrogens is 534 g/mol. The largest absolute Gasteiger partial charge is 0.480 e. The van der Waals surface area contributed by atoms with Gasteiger partial charge in [-0.05, 0) is 30.4 Å². The molecule has 41 heavy (non-hydrogen) atoms. The van der Waals surface area contributed by atoms with Crippen LogP contribution in [0.2, 0.25) is 0 Å². The summed E-state index contributed by atoms with van der Waals surface area (Å²) in [4.78, 5) is 76.9. The summed E-state index contributed by atoms with van der Waals surface area (Å²) in [5.74, 6) is -5.33. The van der Waals surface area contributed by atoms with Crippen LogP contribution in [0.4, 0.5) is 0 Å². The molecule has 0 aliphatic carbocycles. The van der Waals surface area contributed by atoms with Crippen molar-refractivity contribution in [3.8, 4) is 0 Å². The zero-order valence-corrected chi connectivity index (χ0v) is 23.1. The standard InChI is InChI=1S/C27H39N7O7/c1-3-14(2)23(27(40)41)34-25(38)19(9-11-22(30)36)32-26(39)20(33-24(37)17(28)8-10-21(29)35)12-15-13-31-18-7-5-4-6-16(15)18/h4-7,13-14,17,19-20,23,31H,3,8-12,28H2,1-2H3,(H2,29,35)(H2,30,36)(H,32,39)(H,33,37)(H,34,38)(H,40,41). The minimum absolute atomic E-state index is 0.00109. The van der Waals surface area contributed by atoms with Gasteiger partial charge in [0.25, 0.3) is 0 Å². The van der Waals surface area contributed by atoms with E-state index in [9.17, 15) is 33.9 Å². The zero-order valence-electron chi connectivity index (χ0n) is 23.1. The van der Waals surface area contributed by atoms with Crippen molar-refractivity contribution in [1.82, 2.24) is 20.9 Å². The second-order valence-electron chi connectivity index (χ2n) is 10.0. The van der Waals surface area contributed by atoms with Crippen LogP contribution in [0, 0.1) is 5.92 Å². The van der Waals surface area contributed by atoms with Crippen LogP contribution in [-0.2, 0) is 35.2 Å². The number of carboxylic acid groups (broad SMARTS) is 1. The molecule has 0 saturated heterocycles. The fourth-order valence-corrected chi connectivity index (χ4v) is 4.20. The van der Waals surface area contributed by atoms with E-state index >= 15 is 0 Å². The van der Waals surface area contributed by atoms with Gasteiger partial charge in [-0.25, -0.2) is 4.79 Å². The Hall–Kier alpha value is -4.46. The second kappa shape index (κ2) is 15.4. The van der Waals surface area contributed by atoms with Crippen LogP contribution in [0.1, 0.15) is 51.5 Å². The number of hydrogen-bond donors (Lipinski definition) is 8. The molecule has 2 rings (SSSR count). The van der Waals surface area contributed by atoms with Gasteiger partial charge in [0.2, 0.25) is 29.5 Å². The van der Waals surface area contributed by atoms with E-state index in [4.69, 9.17) is 17.2 Å². The van der Waals surface area contributed by atoms with E-state index in [0.29, 0.717) is 12.0 Å². The topological polar surface area (TPSA) is 253 Å². The van der Waals surface area contributed by atoms with Crippen molar-refractivity contribution in [2.45, 2.75) is 76.5 Å². The van der Waals surface area contributed by atoms with Gasteiger partial charge < -0.3 is 43.2 Å². The zero-order chi connectivity index (χ0) is 30.7. The number of H-pyrrole nitrogens is 1. The number of aliphatic carboxylic acids is 1. The summed E-state index contributed by atoms with van der Waals surface area (Å²) in [6.07, 6.45) is 1.50. The first-order chi connectivity index (χ1) is 19.3. The summed E-state index contributed by atoms with van der Waals surface area (Å²) in [6, 6.07) is 2.40. The molecule has 1 aromatic heterocycles. The van der Waals surface area contributed by atoms with Crippen LogP contribution >= 0.6 is 0 Å². The maximum Gasteiger partial charge on any atom is 0.326 e. The van der Waals surface area contributed by atoms with Crippen LogP contribution in [-0.4, -0.2) is 69.8 Å². The molecule has 0 bridgehead atoms. The number of nitrogens with one attached hydrogen (secondary N) is 4. The minimum atomic E-state index is -1.33. The average molecular weight is 574 g/mol. The van der Waals surface area contributed by atoms with E-state index in [0.717, 1.165) is 10.9 Å². The van der Waals surface area contributed by atoms with E-state index in [1.54, 1.807) is 20.0 Å². The van der Waals surface area contributed by atoms with Gasteiger partial charge in [-0.15, -0.1) is 0 Å². The lowest BCUT2D eigenvalue weighted by Crippen LogP contribution is -2.58. The molecule has 0 saturated carbocycles. The number of amides is 5. The smallest absolute Gasteiger partial charge is 0.326 e. The third-order valence-corrected chi connectivity index (χ3v) is 6.86. The quantitative estimate of drug-likeness (QED) is 0.118. The van der Waals surface area contributed by atoms with Gasteiger partial charge in [-0.2, -0.15) is 0 Å². The second-order valence-corrected chi connectivity index (χ2v) is 10.0. The molecule has 1 aromatic carbocycles. The predicted octanol–water partition coefficient (Wildman–Crippen LogP) is -0.846. The molecule has 5 unspecified atom stereocenters. The van der Waals surface area contributed by atoms with Gasteiger partial charge in [0.1, 0.15) is 18.1 Å². The molecule has 2 aromatic rings. The number of rotatable bonds is 17. The number of hydrogen-bond acceptors (Lipinski definition) is 7.